The van der Waals surface area contributed by atoms with Gasteiger partial charge in [0.1, 0.15) is 5.82 Å². The highest BCUT2D eigenvalue weighted by molar-refractivity contribution is 5.13. The van der Waals surface area contributed by atoms with Crippen LogP contribution in [0.5, 0.6) is 0 Å². The number of nitrogens with one attached hydrogen (secondary N) is 1. The summed E-state index contributed by atoms with van der Waals surface area (Å²) in [7, 11) is 0. The fraction of sp³-hybridized carbons (Fsp3) is 0.778. The average Bonchev–Trinajstić information content (AvgIpc) is 2.80. The quantitative estimate of drug-likeness (QED) is 0.710. The summed E-state index contributed by atoms with van der Waals surface area (Å²) < 4.78 is 0. The van der Waals surface area contributed by atoms with Crippen molar-refractivity contribution in [2.45, 2.75) is 43.6 Å². The van der Waals surface area contributed by atoms with E-state index in [1.54, 1.807) is 0 Å². The maximum atomic E-state index is 6.11. The van der Waals surface area contributed by atoms with Gasteiger partial charge >= 0.3 is 0 Å². The summed E-state index contributed by atoms with van der Waals surface area (Å²) in [4.78, 5) is 4.47. The molecule has 13 heavy (non-hydrogen) atoms. The highest BCUT2D eigenvalue weighted by Crippen LogP contribution is 2.40. The monoisotopic (exact) mass is 178 g/mol. The molecule has 2 saturated carbocycles. The Morgan fingerprint density at radius 3 is 2.69 bits per heavy atom. The lowest BCUT2D eigenvalue weighted by Crippen LogP contribution is -2.44. The Balaban J connectivity index is 1.87. The van der Waals surface area contributed by atoms with Crippen molar-refractivity contribution < 1.29 is 0 Å². The molecule has 0 unspecified atom stereocenters. The van der Waals surface area contributed by atoms with Crippen molar-refractivity contribution in [1.29, 1.82) is 0 Å². The van der Waals surface area contributed by atoms with Crippen LogP contribution in [0.25, 0.3) is 0 Å². The van der Waals surface area contributed by atoms with Gasteiger partial charge in [0.05, 0.1) is 5.54 Å². The van der Waals surface area contributed by atoms with E-state index in [0.717, 1.165) is 24.5 Å². The Bertz CT molecular complexity index is 322. The van der Waals surface area contributed by atoms with E-state index in [4.69, 9.17) is 5.73 Å². The van der Waals surface area contributed by atoms with E-state index in [0.29, 0.717) is 5.92 Å². The van der Waals surface area contributed by atoms with Crippen molar-refractivity contribution in [3.63, 3.8) is 0 Å². The number of H-pyrrole nitrogens is 1. The van der Waals surface area contributed by atoms with Gasteiger partial charge in [0.2, 0.25) is 0 Å². The zero-order chi connectivity index (χ0) is 8.89. The van der Waals surface area contributed by atoms with Crippen molar-refractivity contribution in [2.24, 2.45) is 5.73 Å². The lowest BCUT2D eigenvalue weighted by atomic mass is 9.77. The standard InChI is InChI=1S/C9H14N4/c10-9(4-1-5-9)8-11-7(12-13-8)6-2-3-6/h6H,1-5,10H2,(H,11,12,13). The van der Waals surface area contributed by atoms with Crippen LogP contribution in [0.3, 0.4) is 0 Å². The Labute approximate surface area is 76.9 Å². The molecule has 0 aliphatic heterocycles. The molecular weight excluding hydrogens is 164 g/mol. The number of hydrogen-bond donors (Lipinski definition) is 2. The summed E-state index contributed by atoms with van der Waals surface area (Å²) in [6.07, 6.45) is 5.80. The Morgan fingerprint density at radius 1 is 1.38 bits per heavy atom. The smallest absolute Gasteiger partial charge is 0.170 e. The fourth-order valence-electron chi connectivity index (χ4n) is 1.82. The molecule has 0 aromatic carbocycles. The van der Waals surface area contributed by atoms with Crippen LogP contribution < -0.4 is 5.73 Å². The fourth-order valence-corrected chi connectivity index (χ4v) is 1.82. The van der Waals surface area contributed by atoms with Crippen molar-refractivity contribution in [3.05, 3.63) is 11.6 Å². The van der Waals surface area contributed by atoms with E-state index >= 15 is 0 Å². The zero-order valence-corrected chi connectivity index (χ0v) is 7.58. The maximum Gasteiger partial charge on any atom is 0.170 e. The highest BCUT2D eigenvalue weighted by Gasteiger charge is 2.39. The van der Waals surface area contributed by atoms with E-state index in [-0.39, 0.29) is 5.54 Å². The largest absolute Gasteiger partial charge is 0.319 e. The molecule has 4 nitrogen and oxygen atoms in total. The molecule has 1 aromatic rings. The van der Waals surface area contributed by atoms with Gasteiger partial charge in [-0.3, -0.25) is 5.10 Å². The molecule has 2 fully saturated rings. The molecule has 0 saturated heterocycles. The lowest BCUT2D eigenvalue weighted by molar-refractivity contribution is 0.239. The minimum absolute atomic E-state index is 0.205. The number of rotatable bonds is 2. The van der Waals surface area contributed by atoms with Crippen LogP contribution >= 0.6 is 0 Å². The molecule has 2 aliphatic carbocycles. The predicted octanol–water partition coefficient (Wildman–Crippen LogP) is 1.02. The molecule has 0 radical (unpaired) electrons. The minimum atomic E-state index is -0.205. The number of aromatic nitrogens is 3. The predicted molar refractivity (Wildman–Crippen MR) is 48.1 cm³/mol. The van der Waals surface area contributed by atoms with Gasteiger partial charge in [-0.1, -0.05) is 0 Å². The first-order valence-electron chi connectivity index (χ1n) is 5.00. The van der Waals surface area contributed by atoms with Gasteiger partial charge < -0.3 is 5.73 Å². The van der Waals surface area contributed by atoms with Gasteiger partial charge in [-0.15, -0.1) is 0 Å². The lowest BCUT2D eigenvalue weighted by Gasteiger charge is -2.34. The van der Waals surface area contributed by atoms with Crippen molar-refractivity contribution >= 4 is 0 Å². The molecule has 4 heteroatoms. The third kappa shape index (κ3) is 1.09. The molecule has 1 aromatic heterocycles. The van der Waals surface area contributed by atoms with E-state index in [1.807, 2.05) is 0 Å². The summed E-state index contributed by atoms with van der Waals surface area (Å²) in [5.74, 6) is 2.53. The maximum absolute atomic E-state index is 6.11. The Hall–Kier alpha value is -0.900. The SMILES string of the molecule is NC1(c2n[nH]c(C3CC3)n2)CCC1. The molecule has 0 spiro atoms. The van der Waals surface area contributed by atoms with Crippen molar-refractivity contribution in [3.8, 4) is 0 Å². The first-order chi connectivity index (χ1) is 6.28. The average molecular weight is 178 g/mol. The summed E-state index contributed by atoms with van der Waals surface area (Å²) in [5, 5.41) is 7.21. The van der Waals surface area contributed by atoms with E-state index in [9.17, 15) is 0 Å². The number of aromatic amines is 1. The second-order valence-electron chi connectivity index (χ2n) is 4.33. The van der Waals surface area contributed by atoms with Gasteiger partial charge in [0, 0.05) is 5.92 Å². The van der Waals surface area contributed by atoms with Crippen LogP contribution in [0, 0.1) is 0 Å². The molecule has 1 heterocycles. The van der Waals surface area contributed by atoms with E-state index in [1.165, 1.54) is 19.3 Å². The van der Waals surface area contributed by atoms with Gasteiger partial charge in [-0.2, -0.15) is 5.10 Å². The zero-order valence-electron chi connectivity index (χ0n) is 7.58. The van der Waals surface area contributed by atoms with Crippen LogP contribution in [0.15, 0.2) is 0 Å². The second-order valence-corrected chi connectivity index (χ2v) is 4.33. The number of nitrogens with zero attached hydrogens (tertiary/aromatic N) is 2. The Kier molecular flexibility index (Phi) is 1.34. The van der Waals surface area contributed by atoms with E-state index in [2.05, 4.69) is 15.2 Å². The topological polar surface area (TPSA) is 67.6 Å². The van der Waals surface area contributed by atoms with E-state index < -0.39 is 0 Å². The molecular formula is C9H14N4. The first-order valence-corrected chi connectivity index (χ1v) is 5.00. The van der Waals surface area contributed by atoms with Crippen LogP contribution in [-0.4, -0.2) is 15.2 Å². The van der Waals surface area contributed by atoms with Crippen molar-refractivity contribution in [2.75, 3.05) is 0 Å². The molecule has 0 amide bonds. The molecule has 2 aliphatic rings. The Morgan fingerprint density at radius 2 is 2.15 bits per heavy atom. The second kappa shape index (κ2) is 2.32. The van der Waals surface area contributed by atoms with Crippen LogP contribution in [0.4, 0.5) is 0 Å². The van der Waals surface area contributed by atoms with Crippen LogP contribution in [0.1, 0.15) is 49.7 Å². The molecule has 3 rings (SSSR count). The molecule has 3 N–H and O–H groups in total. The number of hydrogen-bond acceptors (Lipinski definition) is 3. The summed E-state index contributed by atoms with van der Waals surface area (Å²) in [6, 6.07) is 0. The summed E-state index contributed by atoms with van der Waals surface area (Å²) >= 11 is 0. The number of nitrogens with two attached hydrogens (primary N) is 1. The normalized spacial score (nSPS) is 25.6. The minimum Gasteiger partial charge on any atom is -0.319 e. The van der Waals surface area contributed by atoms with Gasteiger partial charge in [-0.05, 0) is 32.1 Å². The summed E-state index contributed by atoms with van der Waals surface area (Å²) in [6.45, 7) is 0. The summed E-state index contributed by atoms with van der Waals surface area (Å²) in [5.41, 5.74) is 5.91. The highest BCUT2D eigenvalue weighted by atomic mass is 15.2. The van der Waals surface area contributed by atoms with Crippen molar-refractivity contribution in [1.82, 2.24) is 15.2 Å². The van der Waals surface area contributed by atoms with Gasteiger partial charge in [0.15, 0.2) is 5.82 Å². The van der Waals surface area contributed by atoms with Gasteiger partial charge in [-0.25, -0.2) is 4.98 Å². The van der Waals surface area contributed by atoms with Gasteiger partial charge in [0.25, 0.3) is 0 Å². The third-order valence-corrected chi connectivity index (χ3v) is 3.16. The first kappa shape index (κ1) is 7.50. The molecule has 0 atom stereocenters. The van der Waals surface area contributed by atoms with Crippen LogP contribution in [0.2, 0.25) is 0 Å². The molecule has 0 bridgehead atoms. The van der Waals surface area contributed by atoms with Crippen LogP contribution in [-0.2, 0) is 5.54 Å². The third-order valence-electron chi connectivity index (χ3n) is 3.16. The molecule has 70 valence electrons.